The van der Waals surface area contributed by atoms with Gasteiger partial charge >= 0.3 is 0 Å². The molecule has 0 saturated heterocycles. The van der Waals surface area contributed by atoms with Crippen molar-refractivity contribution < 1.29 is 22.4 Å². The van der Waals surface area contributed by atoms with E-state index in [0.717, 1.165) is 29.5 Å². The van der Waals surface area contributed by atoms with Gasteiger partial charge in [-0.2, -0.15) is 0 Å². The Morgan fingerprint density at radius 3 is 2.09 bits per heavy atom. The molecule has 1 atom stereocenters. The Morgan fingerprint density at radius 2 is 1.44 bits per heavy atom. The second kappa shape index (κ2) is 14.8. The molecule has 0 radical (unpaired) electrons. The minimum absolute atomic E-state index is 0.00612. The van der Waals surface area contributed by atoms with Crippen LogP contribution in [0.15, 0.2) is 108 Å². The zero-order valence-electron chi connectivity index (χ0n) is 24.7. The summed E-state index contributed by atoms with van der Waals surface area (Å²) >= 11 is 6.02. The minimum Gasteiger partial charge on any atom is -0.350 e. The molecule has 0 aliphatic heterocycles. The number of hydrogen-bond donors (Lipinski definition) is 2. The lowest BCUT2D eigenvalue weighted by molar-refractivity contribution is -0.141. The fourth-order valence-corrected chi connectivity index (χ4v) is 6.40. The number of benzene rings is 4. The molecule has 1 aliphatic rings. The van der Waals surface area contributed by atoms with Crippen LogP contribution in [-0.4, -0.2) is 37.2 Å². The first-order valence-corrected chi connectivity index (χ1v) is 16.7. The fourth-order valence-electron chi connectivity index (χ4n) is 4.97. The van der Waals surface area contributed by atoms with Crippen molar-refractivity contribution in [1.29, 1.82) is 0 Å². The standard InChI is InChI=1S/C35H35ClFN3O4S/c36-29-13-6-27(7-14-29)23-38-35(42)33(22-26-4-2-1-3-5-26)40(24-28-8-15-30(37)16-9-28)34(41)21-12-25-10-19-32(20-11-25)45(43,44)39-31-17-18-31/h1-11,13-16,19-20,31,33,39H,12,17-18,21-24H2,(H,38,42). The predicted octanol–water partition coefficient (Wildman–Crippen LogP) is 5.81. The normalized spacial score (nSPS) is 13.6. The van der Waals surface area contributed by atoms with Gasteiger partial charge in [-0.05, 0) is 77.9 Å². The summed E-state index contributed by atoms with van der Waals surface area (Å²) in [5, 5.41) is 3.57. The fraction of sp³-hybridized carbons (Fsp3) is 0.257. The summed E-state index contributed by atoms with van der Waals surface area (Å²) in [5.41, 5.74) is 3.23. The van der Waals surface area contributed by atoms with Crippen LogP contribution in [0.4, 0.5) is 4.39 Å². The smallest absolute Gasteiger partial charge is 0.243 e. The van der Waals surface area contributed by atoms with Crippen LogP contribution in [0.3, 0.4) is 0 Å². The maximum atomic E-state index is 13.9. The van der Waals surface area contributed by atoms with Crippen LogP contribution >= 0.6 is 11.6 Å². The molecule has 0 heterocycles. The molecule has 0 bridgehead atoms. The van der Waals surface area contributed by atoms with Crippen LogP contribution in [0, 0.1) is 5.82 Å². The average molecular weight is 648 g/mol. The van der Waals surface area contributed by atoms with Crippen molar-refractivity contribution in [2.24, 2.45) is 0 Å². The molecule has 4 aromatic rings. The van der Waals surface area contributed by atoms with E-state index in [9.17, 15) is 22.4 Å². The van der Waals surface area contributed by atoms with Crippen LogP contribution < -0.4 is 10.0 Å². The lowest BCUT2D eigenvalue weighted by Gasteiger charge is -2.32. The molecule has 0 aromatic heterocycles. The van der Waals surface area contributed by atoms with E-state index in [4.69, 9.17) is 11.6 Å². The van der Waals surface area contributed by atoms with Crippen molar-refractivity contribution >= 4 is 33.4 Å². The molecule has 234 valence electrons. The van der Waals surface area contributed by atoms with Crippen molar-refractivity contribution in [3.8, 4) is 0 Å². The second-order valence-corrected chi connectivity index (χ2v) is 13.4. The quantitative estimate of drug-likeness (QED) is 0.181. The highest BCUT2D eigenvalue weighted by Gasteiger charge is 2.31. The Kier molecular flexibility index (Phi) is 10.7. The summed E-state index contributed by atoms with van der Waals surface area (Å²) in [5.74, 6) is -0.966. The van der Waals surface area contributed by atoms with E-state index in [-0.39, 0.29) is 48.7 Å². The van der Waals surface area contributed by atoms with Crippen molar-refractivity contribution in [3.63, 3.8) is 0 Å². The molecule has 1 fully saturated rings. The number of rotatable bonds is 14. The molecule has 2 N–H and O–H groups in total. The summed E-state index contributed by atoms with van der Waals surface area (Å²) in [7, 11) is -3.58. The highest BCUT2D eigenvalue weighted by atomic mass is 35.5. The van der Waals surface area contributed by atoms with Gasteiger partial charge in [0.15, 0.2) is 0 Å². The first-order chi connectivity index (χ1) is 21.7. The molecule has 45 heavy (non-hydrogen) atoms. The van der Waals surface area contributed by atoms with Gasteiger partial charge in [0.2, 0.25) is 21.8 Å². The molecular formula is C35H35ClFN3O4S. The van der Waals surface area contributed by atoms with Crippen LogP contribution in [0.5, 0.6) is 0 Å². The summed E-state index contributed by atoms with van der Waals surface area (Å²) in [6, 6.07) is 28.2. The molecule has 10 heteroatoms. The molecule has 1 aliphatic carbocycles. The van der Waals surface area contributed by atoms with E-state index in [0.29, 0.717) is 17.0 Å². The highest BCUT2D eigenvalue weighted by molar-refractivity contribution is 7.89. The summed E-state index contributed by atoms with van der Waals surface area (Å²) < 4.78 is 41.5. The van der Waals surface area contributed by atoms with Crippen LogP contribution in [0.1, 0.15) is 41.5 Å². The number of sulfonamides is 1. The number of hydrogen-bond acceptors (Lipinski definition) is 4. The molecule has 5 rings (SSSR count). The van der Waals surface area contributed by atoms with Gasteiger partial charge in [0.05, 0.1) is 4.90 Å². The van der Waals surface area contributed by atoms with E-state index in [1.807, 2.05) is 42.5 Å². The van der Waals surface area contributed by atoms with E-state index in [1.165, 1.54) is 12.1 Å². The maximum absolute atomic E-state index is 13.9. The van der Waals surface area contributed by atoms with Gasteiger partial charge < -0.3 is 10.2 Å². The monoisotopic (exact) mass is 647 g/mol. The Balaban J connectivity index is 1.36. The lowest BCUT2D eigenvalue weighted by Crippen LogP contribution is -2.50. The SMILES string of the molecule is O=C(NCc1ccc(Cl)cc1)C(Cc1ccccc1)N(Cc1ccc(F)cc1)C(=O)CCc1ccc(S(=O)(=O)NC2CC2)cc1. The second-order valence-electron chi connectivity index (χ2n) is 11.2. The Hall–Kier alpha value is -4.05. The molecule has 0 spiro atoms. The van der Waals surface area contributed by atoms with Gasteiger partial charge in [0.1, 0.15) is 11.9 Å². The van der Waals surface area contributed by atoms with Gasteiger partial charge in [-0.25, -0.2) is 17.5 Å². The number of aryl methyl sites for hydroxylation is 1. The van der Waals surface area contributed by atoms with Gasteiger partial charge in [0, 0.05) is 37.0 Å². The highest BCUT2D eigenvalue weighted by Crippen LogP contribution is 2.23. The van der Waals surface area contributed by atoms with Crippen LogP contribution in [0.2, 0.25) is 5.02 Å². The minimum atomic E-state index is -3.58. The molecule has 1 saturated carbocycles. The largest absolute Gasteiger partial charge is 0.350 e. The van der Waals surface area contributed by atoms with Crippen LogP contribution in [0.25, 0.3) is 0 Å². The first kappa shape index (κ1) is 32.3. The van der Waals surface area contributed by atoms with Crippen molar-refractivity contribution in [1.82, 2.24) is 14.9 Å². The van der Waals surface area contributed by atoms with E-state index < -0.39 is 21.9 Å². The summed E-state index contributed by atoms with van der Waals surface area (Å²) in [4.78, 5) is 29.5. The number of halogens is 2. The number of amides is 2. The zero-order chi connectivity index (χ0) is 31.8. The maximum Gasteiger partial charge on any atom is 0.243 e. The third kappa shape index (κ3) is 9.47. The zero-order valence-corrected chi connectivity index (χ0v) is 26.2. The van der Waals surface area contributed by atoms with Gasteiger partial charge in [-0.1, -0.05) is 78.3 Å². The third-order valence-electron chi connectivity index (χ3n) is 7.68. The van der Waals surface area contributed by atoms with Gasteiger partial charge in [0.25, 0.3) is 0 Å². The van der Waals surface area contributed by atoms with Crippen molar-refractivity contribution in [2.75, 3.05) is 0 Å². The number of nitrogens with zero attached hydrogens (tertiary/aromatic N) is 1. The molecule has 7 nitrogen and oxygen atoms in total. The lowest BCUT2D eigenvalue weighted by atomic mass is 10.0. The van der Waals surface area contributed by atoms with Crippen molar-refractivity contribution in [3.05, 3.63) is 136 Å². The van der Waals surface area contributed by atoms with Crippen LogP contribution in [-0.2, 0) is 45.5 Å². The molecular weight excluding hydrogens is 613 g/mol. The molecule has 4 aromatic carbocycles. The molecule has 1 unspecified atom stereocenters. The topological polar surface area (TPSA) is 95.6 Å². The van der Waals surface area contributed by atoms with Crippen molar-refractivity contribution in [2.45, 2.75) is 62.2 Å². The summed E-state index contributed by atoms with van der Waals surface area (Å²) in [6.07, 6.45) is 2.40. The van der Waals surface area contributed by atoms with Gasteiger partial charge in [-0.15, -0.1) is 0 Å². The third-order valence-corrected chi connectivity index (χ3v) is 9.47. The average Bonchev–Trinajstić information content (AvgIpc) is 3.86. The Morgan fingerprint density at radius 1 is 0.822 bits per heavy atom. The predicted molar refractivity (Wildman–Crippen MR) is 172 cm³/mol. The number of nitrogens with one attached hydrogen (secondary N) is 2. The van der Waals surface area contributed by atoms with E-state index >= 15 is 0 Å². The first-order valence-electron chi connectivity index (χ1n) is 14.9. The van der Waals surface area contributed by atoms with E-state index in [1.54, 1.807) is 53.4 Å². The Bertz CT molecular complexity index is 1700. The Labute approximate surface area is 268 Å². The van der Waals surface area contributed by atoms with E-state index in [2.05, 4.69) is 10.0 Å². The van der Waals surface area contributed by atoms with Gasteiger partial charge in [-0.3, -0.25) is 9.59 Å². The number of carbonyl (C=O) groups is 2. The number of carbonyl (C=O) groups excluding carboxylic acids is 2. The molecule has 2 amide bonds. The summed E-state index contributed by atoms with van der Waals surface area (Å²) in [6.45, 7) is 0.361.